The van der Waals surface area contributed by atoms with E-state index in [1.54, 1.807) is 0 Å². The van der Waals surface area contributed by atoms with Gasteiger partial charge in [0.05, 0.1) is 12.5 Å². The number of nitrogens with zero attached hydrogens (tertiary/aromatic N) is 2. The minimum absolute atomic E-state index is 0.0220. The highest BCUT2D eigenvalue weighted by atomic mass is 35.5. The van der Waals surface area contributed by atoms with Gasteiger partial charge in [-0.25, -0.2) is 4.79 Å². The first-order chi connectivity index (χ1) is 8.51. The number of aliphatic hydroxyl groups is 2. The molecule has 7 nitrogen and oxygen atoms in total. The van der Waals surface area contributed by atoms with Gasteiger partial charge in [0.15, 0.2) is 6.23 Å². The van der Waals surface area contributed by atoms with Gasteiger partial charge in [-0.2, -0.15) is 4.98 Å². The van der Waals surface area contributed by atoms with E-state index in [2.05, 4.69) is 4.98 Å². The first kappa shape index (κ1) is 13.3. The minimum Gasteiger partial charge on any atom is -0.393 e. The van der Waals surface area contributed by atoms with Crippen molar-refractivity contribution in [2.45, 2.75) is 24.4 Å². The fourth-order valence-corrected chi connectivity index (χ4v) is 2.21. The maximum atomic E-state index is 11.6. The zero-order valence-electron chi connectivity index (χ0n) is 9.49. The summed E-state index contributed by atoms with van der Waals surface area (Å²) in [5.41, 5.74) is 3.72. The van der Waals surface area contributed by atoms with Crippen molar-refractivity contribution in [3.8, 4) is 0 Å². The van der Waals surface area contributed by atoms with Crippen LogP contribution in [0.1, 0.15) is 12.6 Å². The van der Waals surface area contributed by atoms with E-state index in [0.717, 1.165) is 4.57 Å². The number of aromatic nitrogens is 2. The number of rotatable bonds is 3. The summed E-state index contributed by atoms with van der Waals surface area (Å²) >= 11 is 5.73. The highest BCUT2D eigenvalue weighted by Gasteiger charge is 2.46. The predicted octanol–water partition coefficient (Wildman–Crippen LogP) is -0.925. The first-order valence-corrected chi connectivity index (χ1v) is 5.92. The summed E-state index contributed by atoms with van der Waals surface area (Å²) in [6.07, 6.45) is -0.329. The van der Waals surface area contributed by atoms with Gasteiger partial charge >= 0.3 is 5.69 Å². The van der Waals surface area contributed by atoms with Crippen LogP contribution in [0.5, 0.6) is 0 Å². The average Bonchev–Trinajstić information content (AvgIpc) is 2.67. The fourth-order valence-electron chi connectivity index (χ4n) is 1.96. The van der Waals surface area contributed by atoms with Crippen molar-refractivity contribution < 1.29 is 14.9 Å². The third-order valence-electron chi connectivity index (χ3n) is 2.94. The van der Waals surface area contributed by atoms with Crippen LogP contribution in [0.2, 0.25) is 0 Å². The first-order valence-electron chi connectivity index (χ1n) is 5.39. The van der Waals surface area contributed by atoms with E-state index in [4.69, 9.17) is 22.1 Å². The summed E-state index contributed by atoms with van der Waals surface area (Å²) in [4.78, 5) is 15.2. The number of hydrogen-bond acceptors (Lipinski definition) is 6. The number of hydrogen-bond donors (Lipinski definition) is 3. The number of anilines is 1. The summed E-state index contributed by atoms with van der Waals surface area (Å²) in [5, 5.41) is 19.2. The van der Waals surface area contributed by atoms with E-state index in [0.29, 0.717) is 0 Å². The molecule has 1 aliphatic heterocycles. The lowest BCUT2D eigenvalue weighted by atomic mass is 10.0. The van der Waals surface area contributed by atoms with Crippen molar-refractivity contribution in [3.05, 3.63) is 22.7 Å². The molecule has 0 bridgehead atoms. The van der Waals surface area contributed by atoms with Crippen LogP contribution >= 0.6 is 11.6 Å². The lowest BCUT2D eigenvalue weighted by Crippen LogP contribution is -2.36. The Morgan fingerprint density at radius 2 is 2.44 bits per heavy atom. The Hall–Kier alpha value is -1.15. The van der Waals surface area contributed by atoms with E-state index in [-0.39, 0.29) is 24.7 Å². The summed E-state index contributed by atoms with van der Waals surface area (Å²) in [6.45, 7) is -0.332. The third-order valence-corrected chi connectivity index (χ3v) is 3.43. The lowest BCUT2D eigenvalue weighted by molar-refractivity contribution is -0.0993. The lowest BCUT2D eigenvalue weighted by Gasteiger charge is -2.24. The second-order valence-corrected chi connectivity index (χ2v) is 4.56. The Morgan fingerprint density at radius 1 is 1.72 bits per heavy atom. The van der Waals surface area contributed by atoms with Gasteiger partial charge in [-0.3, -0.25) is 4.57 Å². The molecule has 1 aromatic rings. The second-order valence-electron chi connectivity index (χ2n) is 4.30. The molecule has 1 saturated heterocycles. The number of nitrogens with two attached hydrogens (primary N) is 1. The van der Waals surface area contributed by atoms with Crippen molar-refractivity contribution >= 4 is 17.4 Å². The van der Waals surface area contributed by atoms with Gasteiger partial charge in [0.1, 0.15) is 17.5 Å². The standard InChI is InChI=1S/C10H14ClN3O4/c11-4-10(5-15)3-6(16)8(18-10)14-2-1-7(12)13-9(14)17/h1-2,6,8,15-16H,3-5H2,(H2,12,13,17)/t6-,8-,10-/m1/s1. The smallest absolute Gasteiger partial charge is 0.351 e. The Labute approximate surface area is 108 Å². The van der Waals surface area contributed by atoms with Gasteiger partial charge in [0.2, 0.25) is 0 Å². The SMILES string of the molecule is Nc1ccn([C@@H]2O[C@@](CO)(CCl)C[C@H]2O)c(=O)n1. The Kier molecular flexibility index (Phi) is 3.58. The van der Waals surface area contributed by atoms with Crippen molar-refractivity contribution in [3.63, 3.8) is 0 Å². The largest absolute Gasteiger partial charge is 0.393 e. The Morgan fingerprint density at radius 3 is 2.94 bits per heavy atom. The summed E-state index contributed by atoms with van der Waals surface area (Å²) in [6, 6.07) is 1.43. The van der Waals surface area contributed by atoms with Crippen LogP contribution in [-0.4, -0.2) is 44.0 Å². The molecule has 1 fully saturated rings. The van der Waals surface area contributed by atoms with Crippen molar-refractivity contribution in [1.82, 2.24) is 9.55 Å². The summed E-state index contributed by atoms with van der Waals surface area (Å²) < 4.78 is 6.65. The summed E-state index contributed by atoms with van der Waals surface area (Å²) in [5.74, 6) is 0.114. The molecule has 2 rings (SSSR count). The molecule has 100 valence electrons. The molecule has 0 amide bonds. The predicted molar refractivity (Wildman–Crippen MR) is 64.2 cm³/mol. The van der Waals surface area contributed by atoms with Crippen LogP contribution in [0.4, 0.5) is 5.82 Å². The van der Waals surface area contributed by atoms with Crippen molar-refractivity contribution in [2.75, 3.05) is 18.2 Å². The monoisotopic (exact) mass is 275 g/mol. The maximum Gasteiger partial charge on any atom is 0.351 e. The molecular formula is C10H14ClN3O4. The van der Waals surface area contributed by atoms with E-state index in [1.165, 1.54) is 12.3 Å². The van der Waals surface area contributed by atoms with Crippen molar-refractivity contribution in [2.24, 2.45) is 0 Å². The van der Waals surface area contributed by atoms with Gasteiger partial charge in [-0.1, -0.05) is 0 Å². The third kappa shape index (κ3) is 2.22. The molecule has 8 heteroatoms. The topological polar surface area (TPSA) is 111 Å². The summed E-state index contributed by atoms with van der Waals surface area (Å²) in [7, 11) is 0. The number of nitrogen functional groups attached to an aromatic ring is 1. The zero-order valence-corrected chi connectivity index (χ0v) is 10.2. The number of halogens is 1. The highest BCUT2D eigenvalue weighted by Crippen LogP contribution is 2.36. The van der Waals surface area contributed by atoms with Crippen molar-refractivity contribution in [1.29, 1.82) is 0 Å². The fraction of sp³-hybridized carbons (Fsp3) is 0.600. The van der Waals surface area contributed by atoms with Crippen LogP contribution < -0.4 is 11.4 Å². The zero-order chi connectivity index (χ0) is 13.3. The van der Waals surface area contributed by atoms with Gasteiger partial charge in [0.25, 0.3) is 0 Å². The molecule has 0 aliphatic carbocycles. The Balaban J connectivity index is 2.32. The van der Waals surface area contributed by atoms with Crippen LogP contribution in [0.15, 0.2) is 17.1 Å². The van der Waals surface area contributed by atoms with Crippen LogP contribution in [0, 0.1) is 0 Å². The van der Waals surface area contributed by atoms with Gasteiger partial charge in [-0.15, -0.1) is 11.6 Å². The van der Waals surface area contributed by atoms with Gasteiger partial charge < -0.3 is 20.7 Å². The minimum atomic E-state index is -1.04. The molecule has 4 N–H and O–H groups in total. The van der Waals surface area contributed by atoms with E-state index >= 15 is 0 Å². The second kappa shape index (κ2) is 4.85. The molecule has 3 atom stereocenters. The number of aliphatic hydroxyl groups excluding tert-OH is 2. The normalized spacial score (nSPS) is 31.7. The highest BCUT2D eigenvalue weighted by molar-refractivity contribution is 6.18. The van der Waals surface area contributed by atoms with E-state index in [1.807, 2.05) is 0 Å². The molecule has 0 aromatic carbocycles. The Bertz CT molecular complexity index is 488. The average molecular weight is 276 g/mol. The van der Waals surface area contributed by atoms with E-state index in [9.17, 15) is 15.0 Å². The van der Waals surface area contributed by atoms with Crippen LogP contribution in [0.25, 0.3) is 0 Å². The molecule has 1 aliphatic rings. The van der Waals surface area contributed by atoms with Crippen LogP contribution in [0.3, 0.4) is 0 Å². The quantitative estimate of drug-likeness (QED) is 0.615. The molecule has 0 saturated carbocycles. The van der Waals surface area contributed by atoms with Crippen LogP contribution in [-0.2, 0) is 4.74 Å². The van der Waals surface area contributed by atoms with Gasteiger partial charge in [0, 0.05) is 12.6 Å². The number of alkyl halides is 1. The molecule has 0 spiro atoms. The molecule has 2 heterocycles. The van der Waals surface area contributed by atoms with E-state index < -0.39 is 23.6 Å². The van der Waals surface area contributed by atoms with Gasteiger partial charge in [-0.05, 0) is 6.07 Å². The molecule has 18 heavy (non-hydrogen) atoms. The maximum absolute atomic E-state index is 11.6. The molecule has 0 unspecified atom stereocenters. The molecular weight excluding hydrogens is 262 g/mol. The number of ether oxygens (including phenoxy) is 1. The molecule has 0 radical (unpaired) electrons. The molecule has 1 aromatic heterocycles.